The van der Waals surface area contributed by atoms with Gasteiger partial charge in [0.2, 0.25) is 5.91 Å². The Labute approximate surface area is 118 Å². The number of primary amides is 1. The number of rotatable bonds is 5. The Morgan fingerprint density at radius 3 is 2.30 bits per heavy atom. The van der Waals surface area contributed by atoms with Gasteiger partial charge in [-0.2, -0.15) is 0 Å². The molecule has 0 saturated carbocycles. The topological polar surface area (TPSA) is 113 Å². The van der Waals surface area contributed by atoms with Gasteiger partial charge in [-0.05, 0) is 24.7 Å². The third-order valence-electron chi connectivity index (χ3n) is 3.68. The first-order valence-corrected chi connectivity index (χ1v) is 6.78. The van der Waals surface area contributed by atoms with E-state index in [1.54, 1.807) is 4.90 Å². The van der Waals surface area contributed by atoms with Crippen molar-refractivity contribution in [3.63, 3.8) is 0 Å². The number of urea groups is 1. The predicted molar refractivity (Wildman–Crippen MR) is 73.0 cm³/mol. The average Bonchev–Trinajstić information content (AvgIpc) is 2.33. The molecule has 1 fully saturated rings. The fourth-order valence-corrected chi connectivity index (χ4v) is 2.10. The molecule has 7 heteroatoms. The maximum Gasteiger partial charge on any atom is 0.326 e. The fourth-order valence-electron chi connectivity index (χ4n) is 2.10. The third-order valence-corrected chi connectivity index (χ3v) is 3.68. The summed E-state index contributed by atoms with van der Waals surface area (Å²) in [7, 11) is 0. The molecule has 1 atom stereocenters. The monoisotopic (exact) mass is 285 g/mol. The van der Waals surface area contributed by atoms with Gasteiger partial charge < -0.3 is 21.1 Å². The largest absolute Gasteiger partial charge is 0.480 e. The first-order chi connectivity index (χ1) is 9.21. The van der Waals surface area contributed by atoms with Gasteiger partial charge in [-0.3, -0.25) is 4.79 Å². The summed E-state index contributed by atoms with van der Waals surface area (Å²) < 4.78 is 0. The molecular weight excluding hydrogens is 262 g/mol. The zero-order chi connectivity index (χ0) is 15.3. The molecule has 20 heavy (non-hydrogen) atoms. The highest BCUT2D eigenvalue weighted by Gasteiger charge is 2.29. The Morgan fingerprint density at radius 1 is 1.30 bits per heavy atom. The summed E-state index contributed by atoms with van der Waals surface area (Å²) in [5.74, 6) is -1.73. The second-order valence-corrected chi connectivity index (χ2v) is 6.00. The van der Waals surface area contributed by atoms with Crippen LogP contribution in [0.5, 0.6) is 0 Å². The molecule has 7 nitrogen and oxygen atoms in total. The van der Waals surface area contributed by atoms with Crippen LogP contribution in [0.25, 0.3) is 0 Å². The minimum absolute atomic E-state index is 0.00966. The highest BCUT2D eigenvalue weighted by Crippen LogP contribution is 2.29. The van der Waals surface area contributed by atoms with Crippen LogP contribution >= 0.6 is 0 Å². The van der Waals surface area contributed by atoms with E-state index in [0.29, 0.717) is 13.1 Å². The molecule has 1 rings (SSSR count). The van der Waals surface area contributed by atoms with Gasteiger partial charge in [-0.15, -0.1) is 0 Å². The third kappa shape index (κ3) is 5.07. The number of nitrogens with two attached hydrogens (primary N) is 1. The minimum Gasteiger partial charge on any atom is -0.480 e. The molecule has 0 aromatic carbocycles. The lowest BCUT2D eigenvalue weighted by Crippen LogP contribution is -2.51. The Morgan fingerprint density at radius 2 is 1.85 bits per heavy atom. The first kappa shape index (κ1) is 16.3. The Hall–Kier alpha value is -1.79. The van der Waals surface area contributed by atoms with Crippen molar-refractivity contribution in [2.75, 3.05) is 13.1 Å². The van der Waals surface area contributed by atoms with Crippen LogP contribution in [0.4, 0.5) is 4.79 Å². The molecule has 1 heterocycles. The SMILES string of the molecule is CC1(C)CCN(C(=O)N[C@@H](CCC(N)=O)C(=O)O)CC1. The predicted octanol–water partition coefficient (Wildman–Crippen LogP) is 0.537. The summed E-state index contributed by atoms with van der Waals surface area (Å²) in [5, 5.41) is 11.5. The van der Waals surface area contributed by atoms with Crippen LogP contribution in [0.1, 0.15) is 39.5 Å². The molecule has 0 aromatic rings. The van der Waals surface area contributed by atoms with Crippen LogP contribution in [0.3, 0.4) is 0 Å². The van der Waals surface area contributed by atoms with E-state index in [9.17, 15) is 14.4 Å². The van der Waals surface area contributed by atoms with E-state index in [0.717, 1.165) is 12.8 Å². The highest BCUT2D eigenvalue weighted by molar-refractivity contribution is 5.83. The molecule has 0 unspecified atom stereocenters. The molecule has 1 aliphatic heterocycles. The number of aliphatic carboxylic acids is 1. The van der Waals surface area contributed by atoms with E-state index in [-0.39, 0.29) is 18.3 Å². The zero-order valence-electron chi connectivity index (χ0n) is 12.0. The van der Waals surface area contributed by atoms with E-state index in [4.69, 9.17) is 10.8 Å². The van der Waals surface area contributed by atoms with Crippen LogP contribution in [0.2, 0.25) is 0 Å². The first-order valence-electron chi connectivity index (χ1n) is 6.78. The summed E-state index contributed by atoms with van der Waals surface area (Å²) in [6.07, 6.45) is 1.72. The molecule has 114 valence electrons. The van der Waals surface area contributed by atoms with Crippen molar-refractivity contribution in [1.82, 2.24) is 10.2 Å². The van der Waals surface area contributed by atoms with Gasteiger partial charge in [0.1, 0.15) is 6.04 Å². The molecule has 1 aliphatic rings. The van der Waals surface area contributed by atoms with Gasteiger partial charge in [0, 0.05) is 19.5 Å². The van der Waals surface area contributed by atoms with E-state index < -0.39 is 23.9 Å². The summed E-state index contributed by atoms with van der Waals surface area (Å²) in [6, 6.07) is -1.47. The number of nitrogens with one attached hydrogen (secondary N) is 1. The summed E-state index contributed by atoms with van der Waals surface area (Å²) in [4.78, 5) is 35.4. The maximum atomic E-state index is 12.0. The van der Waals surface area contributed by atoms with Gasteiger partial charge in [0.15, 0.2) is 0 Å². The van der Waals surface area contributed by atoms with Gasteiger partial charge in [0.25, 0.3) is 0 Å². The number of carbonyl (C=O) groups excluding carboxylic acids is 2. The van der Waals surface area contributed by atoms with E-state index in [1.165, 1.54) is 0 Å². The maximum absolute atomic E-state index is 12.0. The number of likely N-dealkylation sites (tertiary alicyclic amines) is 1. The van der Waals surface area contributed by atoms with Gasteiger partial charge in [-0.25, -0.2) is 9.59 Å². The van der Waals surface area contributed by atoms with Crippen LogP contribution in [-0.2, 0) is 9.59 Å². The van der Waals surface area contributed by atoms with Gasteiger partial charge >= 0.3 is 12.0 Å². The molecule has 0 aromatic heterocycles. The molecule has 4 N–H and O–H groups in total. The molecule has 1 saturated heterocycles. The standard InChI is InChI=1S/C13H23N3O4/c1-13(2)5-7-16(8-6-13)12(20)15-9(11(18)19)3-4-10(14)17/h9H,3-8H2,1-2H3,(H2,14,17)(H,15,20)(H,18,19)/t9-/m0/s1. The molecule has 0 spiro atoms. The van der Waals surface area contributed by atoms with Crippen molar-refractivity contribution in [3.8, 4) is 0 Å². The van der Waals surface area contributed by atoms with Crippen molar-refractivity contribution in [3.05, 3.63) is 0 Å². The van der Waals surface area contributed by atoms with Gasteiger partial charge in [0.05, 0.1) is 0 Å². The Balaban J connectivity index is 2.50. The van der Waals surface area contributed by atoms with E-state index >= 15 is 0 Å². The molecule has 0 aliphatic carbocycles. The lowest BCUT2D eigenvalue weighted by molar-refractivity contribution is -0.139. The normalized spacial score (nSPS) is 19.2. The van der Waals surface area contributed by atoms with Crippen LogP contribution < -0.4 is 11.1 Å². The Bertz CT molecular complexity index is 385. The molecule has 0 bridgehead atoms. The second-order valence-electron chi connectivity index (χ2n) is 6.00. The number of carboxylic acid groups (broad SMARTS) is 1. The minimum atomic E-state index is -1.16. The van der Waals surface area contributed by atoms with Crippen molar-refractivity contribution in [1.29, 1.82) is 0 Å². The van der Waals surface area contributed by atoms with Crippen LogP contribution in [0.15, 0.2) is 0 Å². The number of amides is 3. The van der Waals surface area contributed by atoms with Crippen molar-refractivity contribution < 1.29 is 19.5 Å². The molecule has 0 radical (unpaired) electrons. The van der Waals surface area contributed by atoms with E-state index in [1.807, 2.05) is 0 Å². The number of piperidine rings is 1. The smallest absolute Gasteiger partial charge is 0.326 e. The quantitative estimate of drug-likeness (QED) is 0.684. The van der Waals surface area contributed by atoms with Crippen molar-refractivity contribution >= 4 is 17.9 Å². The zero-order valence-corrected chi connectivity index (χ0v) is 12.0. The van der Waals surface area contributed by atoms with Crippen LogP contribution in [0, 0.1) is 5.41 Å². The summed E-state index contributed by atoms with van der Waals surface area (Å²) >= 11 is 0. The number of carboxylic acids is 1. The molecule has 3 amide bonds. The number of hydrogen-bond donors (Lipinski definition) is 3. The lowest BCUT2D eigenvalue weighted by atomic mass is 9.83. The highest BCUT2D eigenvalue weighted by atomic mass is 16.4. The average molecular weight is 285 g/mol. The summed E-state index contributed by atoms with van der Waals surface area (Å²) in [5.41, 5.74) is 5.21. The number of carbonyl (C=O) groups is 3. The molecular formula is C13H23N3O4. The second kappa shape index (κ2) is 6.58. The van der Waals surface area contributed by atoms with Crippen molar-refractivity contribution in [2.24, 2.45) is 11.1 Å². The van der Waals surface area contributed by atoms with Crippen molar-refractivity contribution in [2.45, 2.75) is 45.6 Å². The Kier molecular flexibility index (Phi) is 5.35. The summed E-state index contributed by atoms with van der Waals surface area (Å²) in [6.45, 7) is 5.52. The lowest BCUT2D eigenvalue weighted by Gasteiger charge is -2.37. The fraction of sp³-hybridized carbons (Fsp3) is 0.769. The number of hydrogen-bond acceptors (Lipinski definition) is 3. The van der Waals surface area contributed by atoms with E-state index in [2.05, 4.69) is 19.2 Å². The van der Waals surface area contributed by atoms with Gasteiger partial charge in [-0.1, -0.05) is 13.8 Å². The van der Waals surface area contributed by atoms with Crippen LogP contribution in [-0.4, -0.2) is 47.0 Å². The number of nitrogens with zero attached hydrogens (tertiary/aromatic N) is 1.